The first-order valence-corrected chi connectivity index (χ1v) is 5.50. The van der Waals surface area contributed by atoms with Crippen molar-refractivity contribution in [2.24, 2.45) is 0 Å². The maximum absolute atomic E-state index is 12.0. The van der Waals surface area contributed by atoms with Gasteiger partial charge in [0.1, 0.15) is 0 Å². The molecule has 3 heteroatoms. The van der Waals surface area contributed by atoms with Crippen molar-refractivity contribution in [1.29, 1.82) is 0 Å². The average molecular weight is 216 g/mol. The largest absolute Gasteiger partial charge is 0.299 e. The number of benzene rings is 1. The Balaban J connectivity index is 2.60. The van der Waals surface area contributed by atoms with Crippen molar-refractivity contribution in [2.45, 2.75) is 27.3 Å². The topological polar surface area (TPSA) is 37.8 Å². The highest BCUT2D eigenvalue weighted by molar-refractivity contribution is 5.65. The number of nitrogens with zero attached hydrogens (tertiary/aromatic N) is 1. The SMILES string of the molecule is CCn1[nH]c(C)c(-c2ccc(C)cc2)c1=O. The van der Waals surface area contributed by atoms with E-state index in [1.807, 2.05) is 45.0 Å². The summed E-state index contributed by atoms with van der Waals surface area (Å²) in [6.45, 7) is 6.60. The van der Waals surface area contributed by atoms with Crippen LogP contribution in [0.3, 0.4) is 0 Å². The van der Waals surface area contributed by atoms with E-state index >= 15 is 0 Å². The lowest BCUT2D eigenvalue weighted by Crippen LogP contribution is -2.16. The van der Waals surface area contributed by atoms with E-state index in [1.165, 1.54) is 5.56 Å². The molecular weight excluding hydrogens is 200 g/mol. The standard InChI is InChI=1S/C13H16N2O/c1-4-15-13(16)12(10(3)14-15)11-7-5-9(2)6-8-11/h5-8,14H,4H2,1-3H3. The molecule has 0 aliphatic heterocycles. The molecule has 0 saturated carbocycles. The first-order chi connectivity index (χ1) is 7.63. The number of nitrogens with one attached hydrogen (secondary N) is 1. The zero-order valence-electron chi connectivity index (χ0n) is 9.87. The van der Waals surface area contributed by atoms with Gasteiger partial charge in [0.25, 0.3) is 5.56 Å². The van der Waals surface area contributed by atoms with E-state index in [0.717, 1.165) is 16.8 Å². The molecule has 0 aliphatic carbocycles. The third-order valence-electron chi connectivity index (χ3n) is 2.79. The van der Waals surface area contributed by atoms with Crippen LogP contribution in [0, 0.1) is 13.8 Å². The molecule has 0 atom stereocenters. The Labute approximate surface area is 94.7 Å². The van der Waals surface area contributed by atoms with Gasteiger partial charge in [-0.2, -0.15) is 0 Å². The quantitative estimate of drug-likeness (QED) is 0.822. The van der Waals surface area contributed by atoms with Gasteiger partial charge in [0.15, 0.2) is 0 Å². The third kappa shape index (κ3) is 1.69. The Morgan fingerprint density at radius 2 is 1.81 bits per heavy atom. The second-order valence-electron chi connectivity index (χ2n) is 4.03. The number of hydrogen-bond donors (Lipinski definition) is 1. The molecule has 84 valence electrons. The minimum Gasteiger partial charge on any atom is -0.299 e. The normalized spacial score (nSPS) is 10.7. The van der Waals surface area contributed by atoms with E-state index in [4.69, 9.17) is 0 Å². The molecule has 1 aromatic carbocycles. The molecule has 0 bridgehead atoms. The van der Waals surface area contributed by atoms with Crippen LogP contribution in [0.25, 0.3) is 11.1 Å². The summed E-state index contributed by atoms with van der Waals surface area (Å²) < 4.78 is 1.63. The van der Waals surface area contributed by atoms with Crippen LogP contribution in [0.1, 0.15) is 18.2 Å². The van der Waals surface area contributed by atoms with Crippen molar-refractivity contribution in [2.75, 3.05) is 0 Å². The number of hydrogen-bond acceptors (Lipinski definition) is 1. The van der Waals surface area contributed by atoms with Crippen LogP contribution >= 0.6 is 0 Å². The van der Waals surface area contributed by atoms with Gasteiger partial charge in [-0.1, -0.05) is 29.8 Å². The van der Waals surface area contributed by atoms with E-state index in [-0.39, 0.29) is 5.56 Å². The molecule has 0 unspecified atom stereocenters. The lowest BCUT2D eigenvalue weighted by atomic mass is 10.1. The maximum Gasteiger partial charge on any atom is 0.274 e. The Kier molecular flexibility index (Phi) is 2.69. The molecule has 0 fully saturated rings. The molecule has 2 rings (SSSR count). The van der Waals surface area contributed by atoms with E-state index in [0.29, 0.717) is 6.54 Å². The van der Waals surface area contributed by atoms with Crippen molar-refractivity contribution in [1.82, 2.24) is 9.78 Å². The van der Waals surface area contributed by atoms with Gasteiger partial charge in [-0.05, 0) is 26.3 Å². The molecule has 1 aromatic heterocycles. The fourth-order valence-electron chi connectivity index (χ4n) is 1.89. The number of aromatic amines is 1. The second kappa shape index (κ2) is 4.00. The molecule has 0 spiro atoms. The Morgan fingerprint density at radius 1 is 1.19 bits per heavy atom. The van der Waals surface area contributed by atoms with Crippen LogP contribution in [-0.4, -0.2) is 9.78 Å². The lowest BCUT2D eigenvalue weighted by Gasteiger charge is -1.98. The molecule has 0 amide bonds. The number of aryl methyl sites for hydroxylation is 3. The van der Waals surface area contributed by atoms with Crippen molar-refractivity contribution in [3.63, 3.8) is 0 Å². The zero-order valence-corrected chi connectivity index (χ0v) is 9.87. The van der Waals surface area contributed by atoms with Crippen LogP contribution in [0.2, 0.25) is 0 Å². The molecule has 0 saturated heterocycles. The van der Waals surface area contributed by atoms with Gasteiger partial charge < -0.3 is 0 Å². The predicted octanol–water partition coefficient (Wildman–Crippen LogP) is 2.48. The minimum atomic E-state index is 0.0591. The molecule has 16 heavy (non-hydrogen) atoms. The number of aromatic nitrogens is 2. The van der Waals surface area contributed by atoms with Crippen LogP contribution < -0.4 is 5.56 Å². The van der Waals surface area contributed by atoms with Gasteiger partial charge in [-0.15, -0.1) is 0 Å². The number of H-pyrrole nitrogens is 1. The predicted molar refractivity (Wildman–Crippen MR) is 65.6 cm³/mol. The van der Waals surface area contributed by atoms with E-state index in [2.05, 4.69) is 5.10 Å². The van der Waals surface area contributed by atoms with E-state index in [9.17, 15) is 4.79 Å². The van der Waals surface area contributed by atoms with Gasteiger partial charge in [0.05, 0.1) is 5.56 Å². The highest BCUT2D eigenvalue weighted by atomic mass is 16.1. The van der Waals surface area contributed by atoms with Gasteiger partial charge in [-0.25, -0.2) is 0 Å². The minimum absolute atomic E-state index is 0.0591. The molecule has 3 nitrogen and oxygen atoms in total. The van der Waals surface area contributed by atoms with E-state index in [1.54, 1.807) is 4.68 Å². The second-order valence-corrected chi connectivity index (χ2v) is 4.03. The first-order valence-electron chi connectivity index (χ1n) is 5.50. The van der Waals surface area contributed by atoms with Crippen molar-refractivity contribution in [3.05, 3.63) is 45.9 Å². The summed E-state index contributed by atoms with van der Waals surface area (Å²) in [7, 11) is 0. The third-order valence-corrected chi connectivity index (χ3v) is 2.79. The van der Waals surface area contributed by atoms with Crippen molar-refractivity contribution >= 4 is 0 Å². The highest BCUT2D eigenvalue weighted by Gasteiger charge is 2.11. The van der Waals surface area contributed by atoms with Crippen LogP contribution in [0.15, 0.2) is 29.1 Å². The summed E-state index contributed by atoms with van der Waals surface area (Å²) in [5.41, 5.74) is 3.95. The molecule has 2 aromatic rings. The molecule has 0 aliphatic rings. The number of rotatable bonds is 2. The monoisotopic (exact) mass is 216 g/mol. The summed E-state index contributed by atoms with van der Waals surface area (Å²) in [5.74, 6) is 0. The van der Waals surface area contributed by atoms with Gasteiger partial charge in [0.2, 0.25) is 0 Å². The Morgan fingerprint density at radius 3 is 2.31 bits per heavy atom. The average Bonchev–Trinajstić information content (AvgIpc) is 2.56. The Hall–Kier alpha value is -1.77. The van der Waals surface area contributed by atoms with Crippen molar-refractivity contribution in [3.8, 4) is 11.1 Å². The maximum atomic E-state index is 12.0. The summed E-state index contributed by atoms with van der Waals surface area (Å²) >= 11 is 0. The van der Waals surface area contributed by atoms with Gasteiger partial charge >= 0.3 is 0 Å². The molecule has 1 heterocycles. The first kappa shape index (κ1) is 10.7. The van der Waals surface area contributed by atoms with Crippen LogP contribution in [-0.2, 0) is 6.54 Å². The van der Waals surface area contributed by atoms with Crippen LogP contribution in [0.5, 0.6) is 0 Å². The zero-order chi connectivity index (χ0) is 11.7. The summed E-state index contributed by atoms with van der Waals surface area (Å²) in [6.07, 6.45) is 0. The van der Waals surface area contributed by atoms with E-state index < -0.39 is 0 Å². The molecular formula is C13H16N2O. The summed E-state index contributed by atoms with van der Waals surface area (Å²) in [4.78, 5) is 12.0. The smallest absolute Gasteiger partial charge is 0.274 e. The van der Waals surface area contributed by atoms with Gasteiger partial charge in [0, 0.05) is 12.2 Å². The highest BCUT2D eigenvalue weighted by Crippen LogP contribution is 2.18. The fourth-order valence-corrected chi connectivity index (χ4v) is 1.89. The molecule has 1 N–H and O–H groups in total. The van der Waals surface area contributed by atoms with Gasteiger partial charge in [-0.3, -0.25) is 14.6 Å². The summed E-state index contributed by atoms with van der Waals surface area (Å²) in [5, 5.41) is 3.08. The molecule has 0 radical (unpaired) electrons. The van der Waals surface area contributed by atoms with Crippen LogP contribution in [0.4, 0.5) is 0 Å². The fraction of sp³-hybridized carbons (Fsp3) is 0.308. The lowest BCUT2D eigenvalue weighted by molar-refractivity contribution is 0.633. The van der Waals surface area contributed by atoms with Crippen molar-refractivity contribution < 1.29 is 0 Å². The Bertz CT molecular complexity index is 546. The summed E-state index contributed by atoms with van der Waals surface area (Å²) in [6, 6.07) is 8.04.